The monoisotopic (exact) mass is 282 g/mol. The van der Waals surface area contributed by atoms with Crippen LogP contribution in [-0.4, -0.2) is 37.0 Å². The summed E-state index contributed by atoms with van der Waals surface area (Å²) < 4.78 is 0. The van der Waals surface area contributed by atoms with Gasteiger partial charge in [0.15, 0.2) is 0 Å². The number of nitrogens with zero attached hydrogens (tertiary/aromatic N) is 1. The van der Waals surface area contributed by atoms with Gasteiger partial charge in [0.25, 0.3) is 0 Å². The van der Waals surface area contributed by atoms with Gasteiger partial charge in [0, 0.05) is 19.1 Å². The molecule has 1 N–H and O–H groups in total. The molecular formula is C18H22N2O. The van der Waals surface area contributed by atoms with Crippen LogP contribution in [0, 0.1) is 0 Å². The maximum Gasteiger partial charge on any atom is 0.227 e. The van der Waals surface area contributed by atoms with Gasteiger partial charge in [-0.3, -0.25) is 4.79 Å². The van der Waals surface area contributed by atoms with Gasteiger partial charge >= 0.3 is 0 Å². The normalized spacial score (nSPS) is 18.3. The highest BCUT2D eigenvalue weighted by atomic mass is 16.2. The molecule has 2 aromatic rings. The Labute approximate surface area is 125 Å². The maximum absolute atomic E-state index is 12.5. The predicted octanol–water partition coefficient (Wildman–Crippen LogP) is 2.59. The molecule has 1 fully saturated rings. The highest BCUT2D eigenvalue weighted by molar-refractivity contribution is 5.85. The Hall–Kier alpha value is -1.87. The average molecular weight is 282 g/mol. The Balaban J connectivity index is 1.73. The number of hydrogen-bond donors (Lipinski definition) is 1. The molecule has 1 heterocycles. The summed E-state index contributed by atoms with van der Waals surface area (Å²) in [6.45, 7) is 1.79. The Morgan fingerprint density at radius 3 is 2.86 bits per heavy atom. The van der Waals surface area contributed by atoms with Gasteiger partial charge in [-0.2, -0.15) is 0 Å². The average Bonchev–Trinajstić information content (AvgIpc) is 2.96. The molecule has 3 nitrogen and oxygen atoms in total. The second-order valence-electron chi connectivity index (χ2n) is 5.80. The number of hydrogen-bond acceptors (Lipinski definition) is 2. The van der Waals surface area contributed by atoms with Crippen LogP contribution < -0.4 is 5.32 Å². The molecule has 1 amide bonds. The largest absolute Gasteiger partial charge is 0.338 e. The molecule has 3 heteroatoms. The van der Waals surface area contributed by atoms with Gasteiger partial charge < -0.3 is 10.2 Å². The first-order valence-corrected chi connectivity index (χ1v) is 7.69. The van der Waals surface area contributed by atoms with Crippen LogP contribution in [0.25, 0.3) is 10.8 Å². The number of nitrogens with one attached hydrogen (secondary N) is 1. The van der Waals surface area contributed by atoms with Crippen molar-refractivity contribution in [3.63, 3.8) is 0 Å². The van der Waals surface area contributed by atoms with Crippen molar-refractivity contribution in [3.8, 4) is 0 Å². The fraction of sp³-hybridized carbons (Fsp3) is 0.389. The van der Waals surface area contributed by atoms with E-state index in [1.54, 1.807) is 0 Å². The third-order valence-electron chi connectivity index (χ3n) is 4.31. The zero-order valence-corrected chi connectivity index (χ0v) is 12.5. The summed E-state index contributed by atoms with van der Waals surface area (Å²) >= 11 is 0. The molecule has 0 bridgehead atoms. The van der Waals surface area contributed by atoms with Crippen LogP contribution in [0.1, 0.15) is 18.4 Å². The third-order valence-corrected chi connectivity index (χ3v) is 4.31. The van der Waals surface area contributed by atoms with E-state index in [1.165, 1.54) is 10.8 Å². The number of amides is 1. The van der Waals surface area contributed by atoms with Gasteiger partial charge in [-0.25, -0.2) is 0 Å². The van der Waals surface area contributed by atoms with Gasteiger partial charge in [-0.15, -0.1) is 0 Å². The number of rotatable bonds is 4. The zero-order chi connectivity index (χ0) is 14.7. The van der Waals surface area contributed by atoms with E-state index >= 15 is 0 Å². The SMILES string of the molecule is CNCC1CCCN1C(=O)Cc1ccc2ccccc2c1. The minimum atomic E-state index is 0.253. The molecule has 21 heavy (non-hydrogen) atoms. The predicted molar refractivity (Wildman–Crippen MR) is 86.3 cm³/mol. The summed E-state index contributed by atoms with van der Waals surface area (Å²) in [4.78, 5) is 14.6. The summed E-state index contributed by atoms with van der Waals surface area (Å²) in [5.41, 5.74) is 1.11. The molecule has 110 valence electrons. The second-order valence-corrected chi connectivity index (χ2v) is 5.80. The first kappa shape index (κ1) is 14.1. The minimum absolute atomic E-state index is 0.253. The Morgan fingerprint density at radius 1 is 1.24 bits per heavy atom. The van der Waals surface area contributed by atoms with Gasteiger partial charge in [0.05, 0.1) is 6.42 Å². The van der Waals surface area contributed by atoms with E-state index < -0.39 is 0 Å². The molecule has 0 spiro atoms. The summed E-state index contributed by atoms with van der Waals surface area (Å²) in [6.07, 6.45) is 2.74. The molecule has 0 aliphatic carbocycles. The maximum atomic E-state index is 12.5. The quantitative estimate of drug-likeness (QED) is 0.935. The smallest absolute Gasteiger partial charge is 0.227 e. The molecule has 1 atom stereocenters. The minimum Gasteiger partial charge on any atom is -0.338 e. The van der Waals surface area contributed by atoms with Gasteiger partial charge in [0.1, 0.15) is 0 Å². The zero-order valence-electron chi connectivity index (χ0n) is 12.5. The highest BCUT2D eigenvalue weighted by Crippen LogP contribution is 2.20. The van der Waals surface area contributed by atoms with Crippen molar-refractivity contribution in [1.29, 1.82) is 0 Å². The summed E-state index contributed by atoms with van der Waals surface area (Å²) in [7, 11) is 1.95. The molecular weight excluding hydrogens is 260 g/mol. The van der Waals surface area contributed by atoms with E-state index in [0.29, 0.717) is 12.5 Å². The molecule has 1 aliphatic heterocycles. The molecule has 0 saturated carbocycles. The fourth-order valence-corrected chi connectivity index (χ4v) is 3.24. The van der Waals surface area contributed by atoms with Gasteiger partial charge in [0.2, 0.25) is 5.91 Å². The van der Waals surface area contributed by atoms with Crippen LogP contribution in [0.4, 0.5) is 0 Å². The molecule has 3 rings (SSSR count). The molecule has 0 radical (unpaired) electrons. The van der Waals surface area contributed by atoms with Crippen molar-refractivity contribution in [3.05, 3.63) is 48.0 Å². The van der Waals surface area contributed by atoms with E-state index in [2.05, 4.69) is 35.6 Å². The molecule has 1 aliphatic rings. The van der Waals surface area contributed by atoms with Crippen LogP contribution in [-0.2, 0) is 11.2 Å². The van der Waals surface area contributed by atoms with E-state index in [9.17, 15) is 4.79 Å². The Bertz CT molecular complexity index is 638. The van der Waals surface area contributed by atoms with Crippen molar-refractivity contribution in [2.45, 2.75) is 25.3 Å². The van der Waals surface area contributed by atoms with Crippen molar-refractivity contribution in [2.75, 3.05) is 20.1 Å². The first-order valence-electron chi connectivity index (χ1n) is 7.69. The molecule has 2 aromatic carbocycles. The first-order chi connectivity index (χ1) is 10.3. The lowest BCUT2D eigenvalue weighted by Crippen LogP contribution is -2.41. The van der Waals surface area contributed by atoms with Crippen LogP contribution in [0.2, 0.25) is 0 Å². The number of likely N-dealkylation sites (tertiary alicyclic amines) is 1. The second kappa shape index (κ2) is 6.27. The van der Waals surface area contributed by atoms with Gasteiger partial charge in [-0.1, -0.05) is 42.5 Å². The lowest BCUT2D eigenvalue weighted by atomic mass is 10.0. The van der Waals surface area contributed by atoms with Crippen molar-refractivity contribution >= 4 is 16.7 Å². The molecule has 1 unspecified atom stereocenters. The summed E-state index contributed by atoms with van der Waals surface area (Å²) in [5, 5.41) is 5.62. The summed E-state index contributed by atoms with van der Waals surface area (Å²) in [6, 6.07) is 15.0. The number of fused-ring (bicyclic) bond motifs is 1. The van der Waals surface area contributed by atoms with Crippen LogP contribution in [0.5, 0.6) is 0 Å². The van der Waals surface area contributed by atoms with Crippen LogP contribution >= 0.6 is 0 Å². The van der Waals surface area contributed by atoms with Crippen LogP contribution in [0.15, 0.2) is 42.5 Å². The number of carbonyl (C=O) groups is 1. The number of benzene rings is 2. The molecule has 0 aromatic heterocycles. The van der Waals surface area contributed by atoms with Crippen LogP contribution in [0.3, 0.4) is 0 Å². The Kier molecular flexibility index (Phi) is 4.20. The van der Waals surface area contributed by atoms with E-state index in [-0.39, 0.29) is 5.91 Å². The molecule has 1 saturated heterocycles. The van der Waals surface area contributed by atoms with Gasteiger partial charge in [-0.05, 0) is 36.2 Å². The third kappa shape index (κ3) is 3.08. The standard InChI is InChI=1S/C18H22N2O/c1-19-13-17-7-4-10-20(17)18(21)12-14-8-9-15-5-2-3-6-16(15)11-14/h2-3,5-6,8-9,11,17,19H,4,7,10,12-13H2,1H3. The lowest BCUT2D eigenvalue weighted by Gasteiger charge is -2.24. The number of likely N-dealkylation sites (N-methyl/N-ethyl adjacent to an activating group) is 1. The Morgan fingerprint density at radius 2 is 2.05 bits per heavy atom. The number of carbonyl (C=O) groups excluding carboxylic acids is 1. The van der Waals surface area contributed by atoms with Crippen molar-refractivity contribution in [1.82, 2.24) is 10.2 Å². The topological polar surface area (TPSA) is 32.3 Å². The van der Waals surface area contributed by atoms with E-state index in [0.717, 1.165) is 31.5 Å². The summed E-state index contributed by atoms with van der Waals surface area (Å²) in [5.74, 6) is 0.253. The van der Waals surface area contributed by atoms with Crippen molar-refractivity contribution in [2.24, 2.45) is 0 Å². The van der Waals surface area contributed by atoms with E-state index in [1.807, 2.05) is 24.1 Å². The van der Waals surface area contributed by atoms with Crippen molar-refractivity contribution < 1.29 is 4.79 Å². The highest BCUT2D eigenvalue weighted by Gasteiger charge is 2.27. The van der Waals surface area contributed by atoms with E-state index in [4.69, 9.17) is 0 Å². The lowest BCUT2D eigenvalue weighted by molar-refractivity contribution is -0.131. The fourth-order valence-electron chi connectivity index (χ4n) is 3.24.